The number of aromatic nitrogens is 4. The third-order valence-corrected chi connectivity index (χ3v) is 6.50. The van der Waals surface area contributed by atoms with E-state index >= 15 is 0 Å². The molecular weight excluding hydrogens is 412 g/mol. The summed E-state index contributed by atoms with van der Waals surface area (Å²) in [6.45, 7) is 1.59. The minimum atomic E-state index is 0.417. The summed E-state index contributed by atoms with van der Waals surface area (Å²) >= 11 is 0. The molecule has 1 N–H and O–H groups in total. The fourth-order valence-electron chi connectivity index (χ4n) is 4.56. The summed E-state index contributed by atoms with van der Waals surface area (Å²) in [4.78, 5) is 13.9. The second kappa shape index (κ2) is 8.30. The molecule has 1 aliphatic carbocycles. The molecule has 1 saturated heterocycles. The Bertz CT molecular complexity index is 1360. The van der Waals surface area contributed by atoms with Crippen LogP contribution in [-0.2, 0) is 4.74 Å². The fourth-order valence-corrected chi connectivity index (χ4v) is 4.56. The maximum absolute atomic E-state index is 9.20. The Balaban J connectivity index is 1.39. The summed E-state index contributed by atoms with van der Waals surface area (Å²) in [5.41, 5.74) is 5.99. The van der Waals surface area contributed by atoms with E-state index in [9.17, 15) is 5.26 Å². The molecule has 164 valence electrons. The van der Waals surface area contributed by atoms with Crippen molar-refractivity contribution in [3.05, 3.63) is 66.1 Å². The van der Waals surface area contributed by atoms with Crippen molar-refractivity contribution in [3.63, 3.8) is 0 Å². The van der Waals surface area contributed by atoms with Crippen LogP contribution in [0.1, 0.15) is 48.8 Å². The van der Waals surface area contributed by atoms with Gasteiger partial charge < -0.3 is 14.6 Å². The Kier molecular flexibility index (Phi) is 5.00. The Labute approximate surface area is 192 Å². The van der Waals surface area contributed by atoms with Crippen molar-refractivity contribution in [3.8, 4) is 17.3 Å². The molecule has 0 spiro atoms. The van der Waals surface area contributed by atoms with Gasteiger partial charge in [0.05, 0.1) is 34.7 Å². The summed E-state index contributed by atoms with van der Waals surface area (Å²) < 4.78 is 7.84. The molecule has 7 nitrogen and oxygen atoms in total. The lowest BCUT2D eigenvalue weighted by molar-refractivity contribution is 0.0706. The van der Waals surface area contributed by atoms with E-state index in [4.69, 9.17) is 9.72 Å². The van der Waals surface area contributed by atoms with Gasteiger partial charge in [0, 0.05) is 31.0 Å². The average molecular weight is 437 g/mol. The average Bonchev–Trinajstić information content (AvgIpc) is 3.63. The Morgan fingerprint density at radius 2 is 1.85 bits per heavy atom. The smallest absolute Gasteiger partial charge is 0.132 e. The molecule has 7 heteroatoms. The van der Waals surface area contributed by atoms with Crippen LogP contribution in [0.5, 0.6) is 0 Å². The predicted molar refractivity (Wildman–Crippen MR) is 126 cm³/mol. The molecule has 1 saturated carbocycles. The molecule has 4 heterocycles. The number of ether oxygens (including phenoxy) is 1. The van der Waals surface area contributed by atoms with Gasteiger partial charge >= 0.3 is 0 Å². The first kappa shape index (κ1) is 19.9. The van der Waals surface area contributed by atoms with Gasteiger partial charge in [-0.2, -0.15) is 5.26 Å². The zero-order valence-electron chi connectivity index (χ0n) is 18.2. The number of imidazole rings is 1. The van der Waals surface area contributed by atoms with Crippen LogP contribution < -0.4 is 5.32 Å². The van der Waals surface area contributed by atoms with E-state index in [2.05, 4.69) is 56.3 Å². The van der Waals surface area contributed by atoms with Gasteiger partial charge in [-0.05, 0) is 73.6 Å². The SMILES string of the molecule is N#Cc1ccnc(Nc2cc(C3CC3)cc(-c3ccc4ncn(C5CCOCC5)c4c3)n2)c1. The molecule has 2 aliphatic rings. The van der Waals surface area contributed by atoms with Crippen molar-refractivity contribution >= 4 is 22.7 Å². The van der Waals surface area contributed by atoms with Crippen molar-refractivity contribution in [1.29, 1.82) is 5.26 Å². The number of nitriles is 1. The second-order valence-electron chi connectivity index (χ2n) is 8.81. The lowest BCUT2D eigenvalue weighted by atomic mass is 10.0. The third-order valence-electron chi connectivity index (χ3n) is 6.50. The van der Waals surface area contributed by atoms with Crippen LogP contribution in [0.4, 0.5) is 11.6 Å². The number of nitrogens with one attached hydrogen (secondary N) is 1. The summed E-state index contributed by atoms with van der Waals surface area (Å²) in [7, 11) is 0. The topological polar surface area (TPSA) is 88.7 Å². The van der Waals surface area contributed by atoms with Crippen LogP contribution >= 0.6 is 0 Å². The number of hydrogen-bond donors (Lipinski definition) is 1. The van der Waals surface area contributed by atoms with Gasteiger partial charge in [0.15, 0.2) is 0 Å². The molecule has 3 aromatic heterocycles. The van der Waals surface area contributed by atoms with Gasteiger partial charge in [-0.15, -0.1) is 0 Å². The van der Waals surface area contributed by atoms with Crippen LogP contribution in [0.2, 0.25) is 0 Å². The van der Waals surface area contributed by atoms with Gasteiger partial charge in [0.25, 0.3) is 0 Å². The number of anilines is 2. The molecule has 2 fully saturated rings. The number of rotatable bonds is 5. The van der Waals surface area contributed by atoms with Gasteiger partial charge in [-0.1, -0.05) is 6.07 Å². The van der Waals surface area contributed by atoms with E-state index in [0.29, 0.717) is 23.3 Å². The van der Waals surface area contributed by atoms with E-state index in [0.717, 1.165) is 54.2 Å². The Hall–Kier alpha value is -3.76. The largest absolute Gasteiger partial charge is 0.381 e. The summed E-state index contributed by atoms with van der Waals surface area (Å²) in [5, 5.41) is 12.5. The monoisotopic (exact) mass is 436 g/mol. The van der Waals surface area contributed by atoms with Crippen molar-refractivity contribution in [2.24, 2.45) is 0 Å². The first-order valence-electron chi connectivity index (χ1n) is 11.5. The highest BCUT2D eigenvalue weighted by atomic mass is 16.5. The molecule has 4 aromatic rings. The maximum atomic E-state index is 9.20. The molecule has 1 aromatic carbocycles. The van der Waals surface area contributed by atoms with E-state index in [1.54, 1.807) is 18.3 Å². The number of pyridine rings is 2. The number of fused-ring (bicyclic) bond motifs is 1. The Morgan fingerprint density at radius 3 is 2.67 bits per heavy atom. The predicted octanol–water partition coefficient (Wildman–Crippen LogP) is 5.34. The zero-order chi connectivity index (χ0) is 22.2. The number of hydrogen-bond acceptors (Lipinski definition) is 6. The van der Waals surface area contributed by atoms with Gasteiger partial charge in [-0.3, -0.25) is 0 Å². The van der Waals surface area contributed by atoms with Crippen LogP contribution in [0.25, 0.3) is 22.3 Å². The van der Waals surface area contributed by atoms with E-state index < -0.39 is 0 Å². The zero-order valence-corrected chi connectivity index (χ0v) is 18.2. The van der Waals surface area contributed by atoms with Crippen LogP contribution in [-0.4, -0.2) is 32.7 Å². The minimum Gasteiger partial charge on any atom is -0.381 e. The van der Waals surface area contributed by atoms with E-state index in [1.807, 2.05) is 6.33 Å². The maximum Gasteiger partial charge on any atom is 0.132 e. The van der Waals surface area contributed by atoms with Crippen molar-refractivity contribution in [2.45, 2.75) is 37.6 Å². The van der Waals surface area contributed by atoms with Crippen molar-refractivity contribution < 1.29 is 4.74 Å². The number of benzene rings is 1. The summed E-state index contributed by atoms with van der Waals surface area (Å²) in [6, 6.07) is 16.7. The molecule has 0 amide bonds. The highest BCUT2D eigenvalue weighted by Crippen LogP contribution is 2.42. The normalized spacial score (nSPS) is 16.6. The lowest BCUT2D eigenvalue weighted by Gasteiger charge is -2.24. The minimum absolute atomic E-state index is 0.417. The van der Waals surface area contributed by atoms with Crippen LogP contribution in [0, 0.1) is 11.3 Å². The lowest BCUT2D eigenvalue weighted by Crippen LogP contribution is -2.18. The fraction of sp³-hybridized carbons (Fsp3) is 0.308. The van der Waals surface area contributed by atoms with Gasteiger partial charge in [-0.25, -0.2) is 15.0 Å². The molecule has 0 radical (unpaired) electrons. The molecule has 0 unspecified atom stereocenters. The summed E-state index contributed by atoms with van der Waals surface area (Å²) in [6.07, 6.45) is 8.03. The van der Waals surface area contributed by atoms with Crippen LogP contribution in [0.15, 0.2) is 55.0 Å². The molecule has 1 aliphatic heterocycles. The Morgan fingerprint density at radius 1 is 0.970 bits per heavy atom. The van der Waals surface area contributed by atoms with Crippen molar-refractivity contribution in [1.82, 2.24) is 19.5 Å². The highest BCUT2D eigenvalue weighted by molar-refractivity contribution is 5.82. The van der Waals surface area contributed by atoms with Crippen molar-refractivity contribution in [2.75, 3.05) is 18.5 Å². The first-order chi connectivity index (χ1) is 16.3. The molecule has 33 heavy (non-hydrogen) atoms. The second-order valence-corrected chi connectivity index (χ2v) is 8.81. The number of nitrogens with zero attached hydrogens (tertiary/aromatic N) is 5. The first-order valence-corrected chi connectivity index (χ1v) is 11.5. The third kappa shape index (κ3) is 4.06. The standard InChI is InChI=1S/C26H24N6O/c27-15-17-5-8-28-25(11-17)31-26-14-20(18-1-2-18)12-23(30-26)19-3-4-22-24(13-19)32(16-29-22)21-6-9-33-10-7-21/h3-5,8,11-14,16,18,21H,1-2,6-7,9-10H2,(H,28,30,31). The van der Waals surface area contributed by atoms with Gasteiger partial charge in [0.2, 0.25) is 0 Å². The molecule has 0 atom stereocenters. The van der Waals surface area contributed by atoms with Gasteiger partial charge in [0.1, 0.15) is 11.6 Å². The molecule has 6 rings (SSSR count). The quantitative estimate of drug-likeness (QED) is 0.454. The van der Waals surface area contributed by atoms with Crippen LogP contribution in [0.3, 0.4) is 0 Å². The van der Waals surface area contributed by atoms with E-state index in [-0.39, 0.29) is 0 Å². The van der Waals surface area contributed by atoms with E-state index in [1.165, 1.54) is 18.4 Å². The molecule has 0 bridgehead atoms. The summed E-state index contributed by atoms with van der Waals surface area (Å²) in [5.74, 6) is 1.95. The highest BCUT2D eigenvalue weighted by Gasteiger charge is 2.25. The molecular formula is C26H24N6O.